The summed E-state index contributed by atoms with van der Waals surface area (Å²) < 4.78 is 26.3. The average Bonchev–Trinajstić information content (AvgIpc) is 2.95. The highest BCUT2D eigenvalue weighted by Gasteiger charge is 2.22. The van der Waals surface area contributed by atoms with Gasteiger partial charge in [-0.3, -0.25) is 15.2 Å². The van der Waals surface area contributed by atoms with Crippen molar-refractivity contribution in [1.29, 1.82) is 10.7 Å². The largest absolute Gasteiger partial charge is 0.493 e. The number of pyridine rings is 1. The van der Waals surface area contributed by atoms with Gasteiger partial charge in [-0.25, -0.2) is 4.39 Å². The molecule has 0 fully saturated rings. The number of nitrogens with two attached hydrogens (primary N) is 1. The Bertz CT molecular complexity index is 1470. The molecule has 1 heterocycles. The van der Waals surface area contributed by atoms with E-state index >= 15 is 0 Å². The third-order valence-corrected chi connectivity index (χ3v) is 5.55. The zero-order valence-electron chi connectivity index (χ0n) is 20.6. The maximum atomic E-state index is 14.8. The predicted molar refractivity (Wildman–Crippen MR) is 141 cm³/mol. The van der Waals surface area contributed by atoms with Crippen molar-refractivity contribution < 1.29 is 18.7 Å². The normalized spacial score (nSPS) is 10.9. The monoisotopic (exact) mass is 499 g/mol. The van der Waals surface area contributed by atoms with Gasteiger partial charge < -0.3 is 20.5 Å². The fourth-order valence-electron chi connectivity index (χ4n) is 3.79. The van der Waals surface area contributed by atoms with Crippen LogP contribution < -0.4 is 20.5 Å². The molecule has 188 valence electrons. The van der Waals surface area contributed by atoms with Crippen LogP contribution in [0.1, 0.15) is 28.4 Å². The smallest absolute Gasteiger partial charge is 0.179 e. The van der Waals surface area contributed by atoms with Gasteiger partial charge in [-0.1, -0.05) is 30.3 Å². The molecule has 8 nitrogen and oxygen atoms in total. The second kappa shape index (κ2) is 12.2. The highest BCUT2D eigenvalue weighted by molar-refractivity contribution is 6.21. The molecule has 0 aliphatic rings. The van der Waals surface area contributed by atoms with E-state index in [0.717, 1.165) is 6.07 Å². The van der Waals surface area contributed by atoms with E-state index < -0.39 is 11.9 Å². The summed E-state index contributed by atoms with van der Waals surface area (Å²) in [5, 5.41) is 21.4. The number of aromatic nitrogens is 1. The maximum absolute atomic E-state index is 14.8. The van der Waals surface area contributed by atoms with E-state index in [-0.39, 0.29) is 22.6 Å². The van der Waals surface area contributed by atoms with Crippen molar-refractivity contribution in [3.8, 4) is 17.6 Å². The minimum Gasteiger partial charge on any atom is -0.493 e. The number of nitriles is 1. The fraction of sp³-hybridized carbons (Fsp3) is 0.143. The Kier molecular flexibility index (Phi) is 8.86. The van der Waals surface area contributed by atoms with Crippen LogP contribution in [-0.4, -0.2) is 38.2 Å². The second-order valence-electron chi connectivity index (χ2n) is 7.58. The summed E-state index contributed by atoms with van der Waals surface area (Å²) in [6.07, 6.45) is 1.35. The van der Waals surface area contributed by atoms with E-state index in [4.69, 9.17) is 20.1 Å². The molecule has 4 rings (SSSR count). The first-order valence-electron chi connectivity index (χ1n) is 11.2. The second-order valence-corrected chi connectivity index (χ2v) is 7.58. The van der Waals surface area contributed by atoms with Gasteiger partial charge in [-0.05, 0) is 36.9 Å². The molecular formula is C28H26FN5O3. The lowest BCUT2D eigenvalue weighted by molar-refractivity contribution is -0.113. The molecule has 4 N–H and O–H groups in total. The van der Waals surface area contributed by atoms with Gasteiger partial charge in [0.1, 0.15) is 5.82 Å². The summed E-state index contributed by atoms with van der Waals surface area (Å²) >= 11 is 0. The average molecular weight is 500 g/mol. The predicted octanol–water partition coefficient (Wildman–Crippen LogP) is 4.61. The van der Waals surface area contributed by atoms with Crippen molar-refractivity contribution in [3.63, 3.8) is 0 Å². The zero-order chi connectivity index (χ0) is 26.9. The first-order chi connectivity index (χ1) is 18.0. The highest BCUT2D eigenvalue weighted by atomic mass is 19.1. The number of halogens is 1. The van der Waals surface area contributed by atoms with Crippen molar-refractivity contribution in [2.45, 2.75) is 6.10 Å². The van der Waals surface area contributed by atoms with E-state index in [2.05, 4.69) is 16.0 Å². The number of benzene rings is 3. The summed E-state index contributed by atoms with van der Waals surface area (Å²) in [5.74, 6) is -0.0615. The van der Waals surface area contributed by atoms with Crippen molar-refractivity contribution in [2.75, 3.05) is 26.5 Å². The molecule has 0 spiro atoms. The number of rotatable bonds is 8. The molecule has 0 radical (unpaired) electrons. The van der Waals surface area contributed by atoms with Gasteiger partial charge in [0, 0.05) is 29.6 Å². The number of hydrogen-bond acceptors (Lipinski definition) is 8. The Balaban J connectivity index is 0.00000186. The van der Waals surface area contributed by atoms with Crippen molar-refractivity contribution in [2.24, 2.45) is 5.73 Å². The molecule has 0 saturated carbocycles. The van der Waals surface area contributed by atoms with E-state index in [1.54, 1.807) is 37.5 Å². The molecule has 9 heteroatoms. The third-order valence-electron chi connectivity index (χ3n) is 5.55. The third kappa shape index (κ3) is 5.55. The summed E-state index contributed by atoms with van der Waals surface area (Å²) in [5.41, 5.74) is 6.63. The number of nitrogens with one attached hydrogen (secondary N) is 2. The van der Waals surface area contributed by atoms with Crippen LogP contribution in [0.15, 0.2) is 66.9 Å². The Labute approximate surface area is 214 Å². The fourth-order valence-corrected chi connectivity index (χ4v) is 3.79. The highest BCUT2D eigenvalue weighted by Crippen LogP contribution is 2.38. The van der Waals surface area contributed by atoms with E-state index in [1.165, 1.54) is 26.3 Å². The minimum atomic E-state index is -0.887. The topological polar surface area (TPSA) is 134 Å². The number of anilines is 1. The number of nitrogens with zero attached hydrogens (tertiary/aromatic N) is 2. The van der Waals surface area contributed by atoms with Crippen LogP contribution in [-0.2, 0) is 4.79 Å². The number of fused-ring (bicyclic) bond motifs is 1. The number of aldehydes is 1. The molecule has 37 heavy (non-hydrogen) atoms. The van der Waals surface area contributed by atoms with E-state index in [0.29, 0.717) is 39.8 Å². The Morgan fingerprint density at radius 3 is 2.49 bits per heavy atom. The molecule has 4 aromatic rings. The molecule has 1 aromatic heterocycles. The van der Waals surface area contributed by atoms with Crippen LogP contribution in [0.2, 0.25) is 0 Å². The molecule has 1 atom stereocenters. The van der Waals surface area contributed by atoms with Crippen LogP contribution >= 0.6 is 0 Å². The van der Waals surface area contributed by atoms with Crippen molar-refractivity contribution in [1.82, 2.24) is 4.98 Å². The lowest BCUT2D eigenvalue weighted by Gasteiger charge is -2.19. The molecule has 0 amide bonds. The van der Waals surface area contributed by atoms with Gasteiger partial charge in [0.05, 0.1) is 41.9 Å². The molecule has 0 aliphatic carbocycles. The van der Waals surface area contributed by atoms with Gasteiger partial charge in [0.15, 0.2) is 23.9 Å². The number of carbonyl (C=O) groups is 1. The lowest BCUT2D eigenvalue weighted by Crippen LogP contribution is -2.11. The molecular weight excluding hydrogens is 473 g/mol. The Morgan fingerprint density at radius 1 is 1.16 bits per heavy atom. The number of carbonyl (C=O) groups excluding carboxylic acids is 1. The Morgan fingerprint density at radius 2 is 1.89 bits per heavy atom. The van der Waals surface area contributed by atoms with Gasteiger partial charge in [0.2, 0.25) is 0 Å². The minimum absolute atomic E-state index is 0.0290. The zero-order valence-corrected chi connectivity index (χ0v) is 20.6. The van der Waals surface area contributed by atoms with E-state index in [1.807, 2.05) is 24.3 Å². The van der Waals surface area contributed by atoms with Crippen molar-refractivity contribution in [3.05, 3.63) is 94.9 Å². The quantitative estimate of drug-likeness (QED) is 0.238. The van der Waals surface area contributed by atoms with Gasteiger partial charge >= 0.3 is 0 Å². The molecule has 1 unspecified atom stereocenters. The lowest BCUT2D eigenvalue weighted by atomic mass is 9.96. The van der Waals surface area contributed by atoms with E-state index in [9.17, 15) is 9.18 Å². The van der Waals surface area contributed by atoms with Crippen LogP contribution in [0.25, 0.3) is 10.9 Å². The molecule has 0 saturated heterocycles. The summed E-state index contributed by atoms with van der Waals surface area (Å²) in [4.78, 5) is 16.3. The first kappa shape index (κ1) is 26.8. The maximum Gasteiger partial charge on any atom is 0.179 e. The summed E-state index contributed by atoms with van der Waals surface area (Å²) in [7, 11) is 4.65. The van der Waals surface area contributed by atoms with Gasteiger partial charge in [-0.2, -0.15) is 5.26 Å². The first-order valence-corrected chi connectivity index (χ1v) is 11.2. The SMILES string of the molecule is CN.CNc1cnc2cc(OC)c(OC(C=O)c3ccccc3)cc2c1C(=N)c1ccc(C#N)cc1F. The molecule has 0 bridgehead atoms. The van der Waals surface area contributed by atoms with Gasteiger partial charge in [-0.15, -0.1) is 0 Å². The number of methoxy groups -OCH3 is 1. The molecule has 0 aliphatic heterocycles. The van der Waals surface area contributed by atoms with Crippen LogP contribution in [0.4, 0.5) is 10.1 Å². The summed E-state index contributed by atoms with van der Waals surface area (Å²) in [6, 6.07) is 18.1. The van der Waals surface area contributed by atoms with Crippen LogP contribution in [0.3, 0.4) is 0 Å². The standard InChI is InChI=1S/C27H21FN4O3.CH5N/c1-31-22-14-32-21-12-23(34-2)24(35-25(15-33)17-6-4-3-5-7-17)11-19(21)26(22)27(30)18-9-8-16(13-29)10-20(18)28;1-2/h3-12,14-15,25,30-31H,1-2H3;2H2,1H3. The number of ether oxygens (including phenoxy) is 2. The summed E-state index contributed by atoms with van der Waals surface area (Å²) in [6.45, 7) is 0. The van der Waals surface area contributed by atoms with Crippen LogP contribution in [0, 0.1) is 22.6 Å². The van der Waals surface area contributed by atoms with Crippen LogP contribution in [0.5, 0.6) is 11.5 Å². The Hall–Kier alpha value is -4.81. The number of hydrogen-bond donors (Lipinski definition) is 3. The van der Waals surface area contributed by atoms with Gasteiger partial charge in [0.25, 0.3) is 0 Å². The van der Waals surface area contributed by atoms with Crippen molar-refractivity contribution >= 4 is 28.6 Å². The molecule has 3 aromatic carbocycles.